The van der Waals surface area contributed by atoms with E-state index in [0.717, 1.165) is 15.8 Å². The van der Waals surface area contributed by atoms with Gasteiger partial charge in [-0.1, -0.05) is 17.4 Å². The van der Waals surface area contributed by atoms with E-state index in [2.05, 4.69) is 15.1 Å². The molecule has 0 radical (unpaired) electrons. The molecule has 3 aromatic heterocycles. The van der Waals surface area contributed by atoms with Crippen LogP contribution in [0.2, 0.25) is 0 Å². The number of hydrogen-bond acceptors (Lipinski definition) is 7. The van der Waals surface area contributed by atoms with Crippen molar-refractivity contribution in [3.05, 3.63) is 60.0 Å². The average Bonchev–Trinajstić information content (AvgIpc) is 3.34. The van der Waals surface area contributed by atoms with E-state index in [-0.39, 0.29) is 11.8 Å². The highest BCUT2D eigenvalue weighted by Crippen LogP contribution is 2.33. The number of nitrogens with zero attached hydrogens (tertiary/aromatic N) is 5. The maximum Gasteiger partial charge on any atom is 0.267 e. The number of ether oxygens (including phenoxy) is 2. The van der Waals surface area contributed by atoms with Gasteiger partial charge < -0.3 is 9.47 Å². The second-order valence-corrected chi connectivity index (χ2v) is 7.32. The molecule has 0 unspecified atom stereocenters. The highest BCUT2D eigenvalue weighted by molar-refractivity contribution is 7.22. The van der Waals surface area contributed by atoms with E-state index >= 15 is 0 Å². The molecule has 29 heavy (non-hydrogen) atoms. The van der Waals surface area contributed by atoms with Crippen LogP contribution in [0.3, 0.4) is 0 Å². The minimum atomic E-state index is -0.246. The lowest BCUT2D eigenvalue weighted by molar-refractivity contribution is 0.0982. The van der Waals surface area contributed by atoms with Crippen LogP contribution in [0.5, 0.6) is 11.6 Å². The molecule has 0 saturated heterocycles. The summed E-state index contributed by atoms with van der Waals surface area (Å²) in [6.07, 6.45) is 5.08. The molecule has 0 saturated carbocycles. The van der Waals surface area contributed by atoms with Gasteiger partial charge in [-0.2, -0.15) is 0 Å². The van der Waals surface area contributed by atoms with Gasteiger partial charge in [-0.05, 0) is 23.8 Å². The Morgan fingerprint density at radius 1 is 1.24 bits per heavy atom. The predicted molar refractivity (Wildman–Crippen MR) is 111 cm³/mol. The zero-order chi connectivity index (χ0) is 20.4. The van der Waals surface area contributed by atoms with Crippen LogP contribution in [-0.4, -0.2) is 39.9 Å². The van der Waals surface area contributed by atoms with Crippen molar-refractivity contribution >= 4 is 32.6 Å². The molecule has 0 fully saturated rings. The first-order chi connectivity index (χ1) is 14.1. The fourth-order valence-corrected chi connectivity index (χ4v) is 3.89. The molecule has 0 aliphatic rings. The minimum absolute atomic E-state index is 0.246. The third kappa shape index (κ3) is 3.77. The lowest BCUT2D eigenvalue weighted by Crippen LogP contribution is -2.30. The summed E-state index contributed by atoms with van der Waals surface area (Å²) in [6.45, 7) is 0.321. The average molecular weight is 409 g/mol. The summed E-state index contributed by atoms with van der Waals surface area (Å²) in [5, 5.41) is 4.78. The summed E-state index contributed by atoms with van der Waals surface area (Å²) in [6, 6.07) is 9.43. The van der Waals surface area contributed by atoms with E-state index in [4.69, 9.17) is 9.47 Å². The van der Waals surface area contributed by atoms with Gasteiger partial charge in [-0.3, -0.25) is 19.4 Å². The zero-order valence-corrected chi connectivity index (χ0v) is 17.0. The van der Waals surface area contributed by atoms with Crippen molar-refractivity contribution in [3.8, 4) is 11.6 Å². The largest absolute Gasteiger partial charge is 0.497 e. The van der Waals surface area contributed by atoms with Gasteiger partial charge >= 0.3 is 0 Å². The lowest BCUT2D eigenvalue weighted by atomic mass is 10.2. The molecule has 8 nitrogen and oxygen atoms in total. The summed E-state index contributed by atoms with van der Waals surface area (Å²) >= 11 is 1.44. The Bertz CT molecular complexity index is 1160. The van der Waals surface area contributed by atoms with Gasteiger partial charge in [0.05, 0.1) is 31.0 Å². The number of fused-ring (bicyclic) bond motifs is 1. The Balaban J connectivity index is 1.78. The molecule has 148 valence electrons. The highest BCUT2D eigenvalue weighted by atomic mass is 32.1. The van der Waals surface area contributed by atoms with Crippen LogP contribution in [0.25, 0.3) is 10.2 Å². The van der Waals surface area contributed by atoms with Gasteiger partial charge in [0.1, 0.15) is 11.3 Å². The Kier molecular flexibility index (Phi) is 5.13. The monoisotopic (exact) mass is 409 g/mol. The van der Waals surface area contributed by atoms with Crippen LogP contribution in [-0.2, 0) is 13.6 Å². The number of pyridine rings is 1. The Hall–Kier alpha value is -3.46. The molecule has 4 aromatic rings. The molecule has 0 bridgehead atoms. The van der Waals surface area contributed by atoms with E-state index < -0.39 is 0 Å². The van der Waals surface area contributed by atoms with Crippen LogP contribution in [0.15, 0.2) is 48.9 Å². The number of hydrogen-bond donors (Lipinski definition) is 0. The molecule has 9 heteroatoms. The fourth-order valence-electron chi connectivity index (χ4n) is 2.95. The smallest absolute Gasteiger partial charge is 0.267 e. The standard InChI is InChI=1S/C20H19N5O3S/c1-24-12-15(18(23-24)28-3)19(26)25(11-13-5-4-8-21-10-13)20-22-16-9-14(27-2)6-7-17(16)29-20/h4-10,12H,11H2,1-3H3. The Labute approximate surface area is 171 Å². The summed E-state index contributed by atoms with van der Waals surface area (Å²) in [4.78, 5) is 23.9. The SMILES string of the molecule is COc1ccc2sc(N(Cc3cccnc3)C(=O)c3cn(C)nc3OC)nc2c1. The maximum absolute atomic E-state index is 13.5. The maximum atomic E-state index is 13.5. The lowest BCUT2D eigenvalue weighted by Gasteiger charge is -2.19. The van der Waals surface area contributed by atoms with Crippen molar-refractivity contribution in [2.24, 2.45) is 7.05 Å². The number of carbonyl (C=O) groups is 1. The van der Waals surface area contributed by atoms with Crippen LogP contribution in [0, 0.1) is 0 Å². The summed E-state index contributed by atoms with van der Waals surface area (Å²) in [5.74, 6) is 0.745. The Morgan fingerprint density at radius 2 is 2.10 bits per heavy atom. The molecule has 3 heterocycles. The topological polar surface area (TPSA) is 82.4 Å². The summed E-state index contributed by atoms with van der Waals surface area (Å²) < 4.78 is 13.1. The fraction of sp³-hybridized carbons (Fsp3) is 0.200. The van der Waals surface area contributed by atoms with Crippen LogP contribution in [0.4, 0.5) is 5.13 Å². The molecule has 0 N–H and O–H groups in total. The molecule has 0 aliphatic carbocycles. The predicted octanol–water partition coefficient (Wildman–Crippen LogP) is 3.29. The van der Waals surface area contributed by atoms with E-state index in [1.165, 1.54) is 18.4 Å². The van der Waals surface area contributed by atoms with Gasteiger partial charge in [0.15, 0.2) is 5.13 Å². The zero-order valence-electron chi connectivity index (χ0n) is 16.2. The molecular weight excluding hydrogens is 390 g/mol. The van der Waals surface area contributed by atoms with Crippen molar-refractivity contribution in [1.82, 2.24) is 19.7 Å². The van der Waals surface area contributed by atoms with Gasteiger partial charge in [0.25, 0.3) is 5.91 Å². The number of methoxy groups -OCH3 is 2. The van der Waals surface area contributed by atoms with E-state index in [9.17, 15) is 4.79 Å². The Morgan fingerprint density at radius 3 is 2.83 bits per heavy atom. The third-order valence-corrected chi connectivity index (χ3v) is 5.40. The molecule has 0 aliphatic heterocycles. The summed E-state index contributed by atoms with van der Waals surface area (Å²) in [7, 11) is 4.85. The van der Waals surface area contributed by atoms with Crippen molar-refractivity contribution in [3.63, 3.8) is 0 Å². The van der Waals surface area contributed by atoms with Crippen LogP contribution < -0.4 is 14.4 Å². The highest BCUT2D eigenvalue weighted by Gasteiger charge is 2.26. The van der Waals surface area contributed by atoms with E-state index in [1.54, 1.807) is 42.3 Å². The van der Waals surface area contributed by atoms with E-state index in [0.29, 0.717) is 23.0 Å². The normalized spacial score (nSPS) is 10.9. The van der Waals surface area contributed by atoms with Gasteiger partial charge in [0.2, 0.25) is 5.88 Å². The molecular formula is C20H19N5O3S. The second-order valence-electron chi connectivity index (χ2n) is 6.31. The molecule has 4 rings (SSSR count). The number of carbonyl (C=O) groups excluding carboxylic acids is 1. The quantitative estimate of drug-likeness (QED) is 0.486. The number of aryl methyl sites for hydroxylation is 1. The third-order valence-electron chi connectivity index (χ3n) is 4.34. The molecule has 0 spiro atoms. The van der Waals surface area contributed by atoms with E-state index in [1.807, 2.05) is 30.3 Å². The van der Waals surface area contributed by atoms with Crippen LogP contribution in [0.1, 0.15) is 15.9 Å². The number of thiazole rings is 1. The first-order valence-corrected chi connectivity index (χ1v) is 9.63. The number of aromatic nitrogens is 4. The van der Waals surface area contributed by atoms with Gasteiger partial charge in [-0.25, -0.2) is 4.98 Å². The van der Waals surface area contributed by atoms with Crippen molar-refractivity contribution in [1.29, 1.82) is 0 Å². The number of amides is 1. The molecule has 1 amide bonds. The van der Waals surface area contributed by atoms with Gasteiger partial charge in [-0.15, -0.1) is 5.10 Å². The number of rotatable bonds is 6. The summed E-state index contributed by atoms with van der Waals surface area (Å²) in [5.41, 5.74) is 2.03. The first-order valence-electron chi connectivity index (χ1n) is 8.82. The van der Waals surface area contributed by atoms with Crippen LogP contribution >= 0.6 is 11.3 Å². The number of benzene rings is 1. The minimum Gasteiger partial charge on any atom is -0.497 e. The van der Waals surface area contributed by atoms with Crippen molar-refractivity contribution < 1.29 is 14.3 Å². The van der Waals surface area contributed by atoms with Gasteiger partial charge in [0, 0.05) is 31.7 Å². The molecule has 0 atom stereocenters. The first kappa shape index (κ1) is 18.9. The molecule has 1 aromatic carbocycles. The van der Waals surface area contributed by atoms with Crippen molar-refractivity contribution in [2.45, 2.75) is 6.54 Å². The van der Waals surface area contributed by atoms with Crippen molar-refractivity contribution in [2.75, 3.05) is 19.1 Å². The number of anilines is 1. The second kappa shape index (κ2) is 7.88.